The summed E-state index contributed by atoms with van der Waals surface area (Å²) in [5.74, 6) is 1.71. The van der Waals surface area contributed by atoms with Gasteiger partial charge in [-0.2, -0.15) is 12.6 Å². The van der Waals surface area contributed by atoms with E-state index in [1.54, 1.807) is 0 Å². The summed E-state index contributed by atoms with van der Waals surface area (Å²) >= 11 is 4.28. The lowest BCUT2D eigenvalue weighted by atomic mass is 9.96. The highest BCUT2D eigenvalue weighted by Gasteiger charge is 2.12. The fourth-order valence-electron chi connectivity index (χ4n) is 1.25. The molecule has 0 aliphatic rings. The van der Waals surface area contributed by atoms with Crippen LogP contribution in [0.2, 0.25) is 0 Å². The van der Waals surface area contributed by atoms with Crippen molar-refractivity contribution in [2.24, 2.45) is 5.92 Å². The Morgan fingerprint density at radius 1 is 1.42 bits per heavy atom. The fraction of sp³-hybridized carbons (Fsp3) is 1.00. The van der Waals surface area contributed by atoms with E-state index in [-0.39, 0.29) is 0 Å². The Kier molecular flexibility index (Phi) is 6.02. The Morgan fingerprint density at radius 3 is 2.33 bits per heavy atom. The van der Waals surface area contributed by atoms with Gasteiger partial charge in [-0.3, -0.25) is 0 Å². The Hall–Kier alpha value is 0.310. The summed E-state index contributed by atoms with van der Waals surface area (Å²) in [5, 5.41) is 9.46. The van der Waals surface area contributed by atoms with Crippen molar-refractivity contribution in [3.63, 3.8) is 0 Å². The van der Waals surface area contributed by atoms with Gasteiger partial charge in [0.1, 0.15) is 0 Å². The van der Waals surface area contributed by atoms with E-state index in [0.29, 0.717) is 0 Å². The zero-order valence-corrected chi connectivity index (χ0v) is 9.40. The minimum absolute atomic E-state index is 0.491. The van der Waals surface area contributed by atoms with Crippen LogP contribution >= 0.6 is 12.6 Å². The van der Waals surface area contributed by atoms with Crippen LogP contribution in [0.5, 0.6) is 0 Å². The maximum absolute atomic E-state index is 9.46. The lowest BCUT2D eigenvalue weighted by molar-refractivity contribution is 0.0670. The average molecular weight is 190 g/mol. The second-order valence-electron chi connectivity index (χ2n) is 4.16. The molecule has 0 saturated heterocycles. The summed E-state index contributed by atoms with van der Waals surface area (Å²) in [6, 6.07) is 0. The summed E-state index contributed by atoms with van der Waals surface area (Å²) in [7, 11) is 0. The summed E-state index contributed by atoms with van der Waals surface area (Å²) in [5.41, 5.74) is -0.491. The predicted octanol–water partition coefficient (Wildman–Crippen LogP) is 2.88. The molecule has 2 heteroatoms. The van der Waals surface area contributed by atoms with E-state index in [4.69, 9.17) is 0 Å². The van der Waals surface area contributed by atoms with Crippen LogP contribution in [0.3, 0.4) is 0 Å². The standard InChI is InChI=1S/C10H22OS/c1-4-9(8-12)6-5-7-10(2,3)11/h9,11-12H,4-8H2,1-3H3. The van der Waals surface area contributed by atoms with Crippen molar-refractivity contribution in [2.45, 2.75) is 52.1 Å². The molecule has 0 aliphatic carbocycles. The van der Waals surface area contributed by atoms with Gasteiger partial charge in [-0.15, -0.1) is 0 Å². The molecule has 74 valence electrons. The van der Waals surface area contributed by atoms with Crippen molar-refractivity contribution in [3.8, 4) is 0 Å². The van der Waals surface area contributed by atoms with Gasteiger partial charge in [-0.25, -0.2) is 0 Å². The van der Waals surface area contributed by atoms with E-state index < -0.39 is 5.60 Å². The molecule has 1 nitrogen and oxygen atoms in total. The molecular weight excluding hydrogens is 168 g/mol. The highest BCUT2D eigenvalue weighted by Crippen LogP contribution is 2.18. The Labute approximate surface area is 82.0 Å². The quantitative estimate of drug-likeness (QED) is 0.617. The van der Waals surface area contributed by atoms with Gasteiger partial charge in [-0.1, -0.05) is 19.8 Å². The zero-order chi connectivity index (χ0) is 9.61. The van der Waals surface area contributed by atoms with Gasteiger partial charge in [0, 0.05) is 0 Å². The molecule has 0 saturated carbocycles. The molecule has 0 spiro atoms. The summed E-state index contributed by atoms with van der Waals surface area (Å²) < 4.78 is 0. The van der Waals surface area contributed by atoms with Crippen LogP contribution < -0.4 is 0 Å². The number of thiol groups is 1. The molecule has 0 rings (SSSR count). The van der Waals surface area contributed by atoms with Gasteiger partial charge in [-0.05, 0) is 38.4 Å². The van der Waals surface area contributed by atoms with Crippen molar-refractivity contribution in [1.82, 2.24) is 0 Å². The van der Waals surface area contributed by atoms with E-state index in [2.05, 4.69) is 19.6 Å². The summed E-state index contributed by atoms with van der Waals surface area (Å²) in [6.07, 6.45) is 4.42. The molecule has 1 atom stereocenters. The van der Waals surface area contributed by atoms with Gasteiger partial charge in [0.2, 0.25) is 0 Å². The maximum Gasteiger partial charge on any atom is 0.0591 e. The summed E-state index contributed by atoms with van der Waals surface area (Å²) in [6.45, 7) is 5.94. The van der Waals surface area contributed by atoms with Gasteiger partial charge in [0.05, 0.1) is 5.60 Å². The van der Waals surface area contributed by atoms with Crippen molar-refractivity contribution >= 4 is 12.6 Å². The van der Waals surface area contributed by atoms with E-state index in [1.165, 1.54) is 12.8 Å². The fourth-order valence-corrected chi connectivity index (χ4v) is 1.69. The molecule has 0 radical (unpaired) electrons. The third-order valence-electron chi connectivity index (χ3n) is 2.24. The van der Waals surface area contributed by atoms with Crippen LogP contribution in [0.15, 0.2) is 0 Å². The molecule has 0 aromatic carbocycles. The Balaban J connectivity index is 3.41. The second kappa shape index (κ2) is 5.87. The largest absolute Gasteiger partial charge is 0.390 e. The normalized spacial score (nSPS) is 14.8. The SMILES string of the molecule is CCC(CS)CCCC(C)(C)O. The van der Waals surface area contributed by atoms with E-state index in [9.17, 15) is 5.11 Å². The third kappa shape index (κ3) is 6.99. The lowest BCUT2D eigenvalue weighted by Crippen LogP contribution is -2.18. The number of rotatable bonds is 6. The minimum atomic E-state index is -0.491. The molecule has 0 heterocycles. The molecule has 0 aliphatic heterocycles. The maximum atomic E-state index is 9.46. The van der Waals surface area contributed by atoms with Crippen molar-refractivity contribution in [2.75, 3.05) is 5.75 Å². The molecule has 0 amide bonds. The van der Waals surface area contributed by atoms with Gasteiger partial charge in [0.25, 0.3) is 0 Å². The van der Waals surface area contributed by atoms with E-state index in [1.807, 2.05) is 13.8 Å². The highest BCUT2D eigenvalue weighted by atomic mass is 32.1. The summed E-state index contributed by atoms with van der Waals surface area (Å²) in [4.78, 5) is 0. The molecule has 1 unspecified atom stereocenters. The van der Waals surface area contributed by atoms with Gasteiger partial charge in [0.15, 0.2) is 0 Å². The van der Waals surface area contributed by atoms with Crippen molar-refractivity contribution in [3.05, 3.63) is 0 Å². The third-order valence-corrected chi connectivity index (χ3v) is 2.75. The first-order valence-corrected chi connectivity index (χ1v) is 5.46. The topological polar surface area (TPSA) is 20.2 Å². The number of hydrogen-bond acceptors (Lipinski definition) is 2. The predicted molar refractivity (Wildman–Crippen MR) is 57.8 cm³/mol. The van der Waals surface area contributed by atoms with Crippen LogP contribution in [0.1, 0.15) is 46.5 Å². The Bertz CT molecular complexity index is 103. The molecule has 0 aromatic rings. The van der Waals surface area contributed by atoms with Crippen LogP contribution in [-0.2, 0) is 0 Å². The van der Waals surface area contributed by atoms with Crippen molar-refractivity contribution in [1.29, 1.82) is 0 Å². The van der Waals surface area contributed by atoms with Crippen molar-refractivity contribution < 1.29 is 5.11 Å². The molecule has 12 heavy (non-hydrogen) atoms. The number of hydrogen-bond donors (Lipinski definition) is 2. The molecule has 1 N–H and O–H groups in total. The number of aliphatic hydroxyl groups is 1. The average Bonchev–Trinajstić information content (AvgIpc) is 1.96. The Morgan fingerprint density at radius 2 is 2.00 bits per heavy atom. The van der Waals surface area contributed by atoms with Gasteiger partial charge >= 0.3 is 0 Å². The molecule has 0 aromatic heterocycles. The molecule has 0 bridgehead atoms. The van der Waals surface area contributed by atoms with Gasteiger partial charge < -0.3 is 5.11 Å². The first-order chi connectivity index (χ1) is 5.49. The second-order valence-corrected chi connectivity index (χ2v) is 4.53. The van der Waals surface area contributed by atoms with E-state index >= 15 is 0 Å². The van der Waals surface area contributed by atoms with Crippen LogP contribution in [0.4, 0.5) is 0 Å². The first kappa shape index (κ1) is 12.3. The lowest BCUT2D eigenvalue weighted by Gasteiger charge is -2.18. The molecule has 0 fully saturated rings. The van der Waals surface area contributed by atoms with Crippen LogP contribution in [0, 0.1) is 5.92 Å². The monoisotopic (exact) mass is 190 g/mol. The molecular formula is C10H22OS. The first-order valence-electron chi connectivity index (χ1n) is 4.83. The zero-order valence-electron chi connectivity index (χ0n) is 8.51. The minimum Gasteiger partial charge on any atom is -0.390 e. The van der Waals surface area contributed by atoms with Crippen LogP contribution in [0.25, 0.3) is 0 Å². The smallest absolute Gasteiger partial charge is 0.0591 e. The van der Waals surface area contributed by atoms with E-state index in [0.717, 1.165) is 24.5 Å². The highest BCUT2D eigenvalue weighted by molar-refractivity contribution is 7.80. The van der Waals surface area contributed by atoms with Crippen LogP contribution in [-0.4, -0.2) is 16.5 Å².